The van der Waals surface area contributed by atoms with Crippen LogP contribution in [-0.4, -0.2) is 47.4 Å². The van der Waals surface area contributed by atoms with Gasteiger partial charge >= 0.3 is 0 Å². The molecule has 1 aliphatic heterocycles. The molecule has 172 valence electrons. The molecule has 4 nitrogen and oxygen atoms in total. The van der Waals surface area contributed by atoms with Gasteiger partial charge in [0.1, 0.15) is 5.54 Å². The molecule has 1 amide bonds. The van der Waals surface area contributed by atoms with Crippen molar-refractivity contribution in [1.82, 2.24) is 15.1 Å². The molecule has 1 fully saturated rings. The monoisotopic (exact) mass is 461 g/mol. The maximum absolute atomic E-state index is 13.7. The lowest BCUT2D eigenvalue weighted by molar-refractivity contribution is -0.135. The molecular formula is C28H32ClN3O. The van der Waals surface area contributed by atoms with Crippen molar-refractivity contribution in [2.75, 3.05) is 26.2 Å². The quantitative estimate of drug-likeness (QED) is 0.600. The van der Waals surface area contributed by atoms with Gasteiger partial charge in [-0.05, 0) is 22.3 Å². The highest BCUT2D eigenvalue weighted by atomic mass is 35.5. The molecule has 2 aliphatic rings. The van der Waals surface area contributed by atoms with Gasteiger partial charge in [-0.1, -0.05) is 84.9 Å². The molecule has 1 heterocycles. The third-order valence-electron chi connectivity index (χ3n) is 7.03. The van der Waals surface area contributed by atoms with Gasteiger partial charge in [-0.2, -0.15) is 0 Å². The Morgan fingerprint density at radius 3 is 1.82 bits per heavy atom. The normalized spacial score (nSPS) is 17.7. The van der Waals surface area contributed by atoms with Crippen LogP contribution in [0.1, 0.15) is 22.3 Å². The Kier molecular flexibility index (Phi) is 7.49. The van der Waals surface area contributed by atoms with Crippen molar-refractivity contribution < 1.29 is 4.79 Å². The first-order valence-electron chi connectivity index (χ1n) is 11.6. The van der Waals surface area contributed by atoms with Crippen LogP contribution in [0.15, 0.2) is 84.9 Å². The van der Waals surface area contributed by atoms with E-state index >= 15 is 0 Å². The van der Waals surface area contributed by atoms with Crippen LogP contribution in [0.3, 0.4) is 0 Å². The summed E-state index contributed by atoms with van der Waals surface area (Å²) >= 11 is 0. The van der Waals surface area contributed by atoms with E-state index in [1.165, 1.54) is 16.7 Å². The van der Waals surface area contributed by atoms with Crippen molar-refractivity contribution in [3.63, 3.8) is 0 Å². The SMILES string of the molecule is Cl.O=C(NCc1ccccc1)C1(N2CCN(Cc3ccccc3)CC2)Cc2ccccc2C1. The average molecular weight is 462 g/mol. The van der Waals surface area contributed by atoms with Crippen LogP contribution in [0.2, 0.25) is 0 Å². The minimum Gasteiger partial charge on any atom is -0.350 e. The number of hydrogen-bond donors (Lipinski definition) is 1. The third kappa shape index (κ3) is 5.14. The van der Waals surface area contributed by atoms with E-state index in [9.17, 15) is 4.79 Å². The van der Waals surface area contributed by atoms with Gasteiger partial charge in [0, 0.05) is 52.1 Å². The van der Waals surface area contributed by atoms with E-state index in [-0.39, 0.29) is 18.3 Å². The van der Waals surface area contributed by atoms with Crippen LogP contribution in [0.25, 0.3) is 0 Å². The zero-order chi connectivity index (χ0) is 21.8. The Bertz CT molecular complexity index is 1020. The molecule has 5 rings (SSSR count). The van der Waals surface area contributed by atoms with Crippen LogP contribution in [0.5, 0.6) is 0 Å². The van der Waals surface area contributed by atoms with E-state index in [0.717, 1.165) is 51.1 Å². The van der Waals surface area contributed by atoms with E-state index in [2.05, 4.69) is 81.8 Å². The second-order valence-electron chi connectivity index (χ2n) is 9.07. The van der Waals surface area contributed by atoms with E-state index in [0.29, 0.717) is 6.54 Å². The summed E-state index contributed by atoms with van der Waals surface area (Å²) in [6, 6.07) is 29.4. The van der Waals surface area contributed by atoms with E-state index in [4.69, 9.17) is 0 Å². The van der Waals surface area contributed by atoms with Crippen molar-refractivity contribution in [3.8, 4) is 0 Å². The number of nitrogens with one attached hydrogen (secondary N) is 1. The fraction of sp³-hybridized carbons (Fsp3) is 0.321. The lowest BCUT2D eigenvalue weighted by atomic mass is 9.90. The molecule has 0 atom stereocenters. The van der Waals surface area contributed by atoms with Gasteiger partial charge in [-0.25, -0.2) is 0 Å². The van der Waals surface area contributed by atoms with Gasteiger partial charge in [0.05, 0.1) is 0 Å². The summed E-state index contributed by atoms with van der Waals surface area (Å²) in [6.45, 7) is 5.35. The number of amides is 1. The fourth-order valence-corrected chi connectivity index (χ4v) is 5.24. The number of carbonyl (C=O) groups excluding carboxylic acids is 1. The van der Waals surface area contributed by atoms with Crippen molar-refractivity contribution in [1.29, 1.82) is 0 Å². The molecule has 33 heavy (non-hydrogen) atoms. The molecule has 1 N–H and O–H groups in total. The molecule has 0 radical (unpaired) electrons. The zero-order valence-electron chi connectivity index (χ0n) is 19.0. The maximum Gasteiger partial charge on any atom is 0.241 e. The summed E-state index contributed by atoms with van der Waals surface area (Å²) in [6.07, 6.45) is 1.59. The largest absolute Gasteiger partial charge is 0.350 e. The minimum atomic E-state index is -0.489. The van der Waals surface area contributed by atoms with Crippen molar-refractivity contribution in [3.05, 3.63) is 107 Å². The fourth-order valence-electron chi connectivity index (χ4n) is 5.24. The lowest BCUT2D eigenvalue weighted by Gasteiger charge is -2.45. The molecule has 0 bridgehead atoms. The number of fused-ring (bicyclic) bond motifs is 1. The summed E-state index contributed by atoms with van der Waals surface area (Å²) in [5.41, 5.74) is 4.63. The smallest absolute Gasteiger partial charge is 0.241 e. The Morgan fingerprint density at radius 2 is 1.24 bits per heavy atom. The van der Waals surface area contributed by atoms with Crippen LogP contribution < -0.4 is 5.32 Å². The maximum atomic E-state index is 13.7. The molecule has 0 saturated carbocycles. The first-order valence-corrected chi connectivity index (χ1v) is 11.6. The third-order valence-corrected chi connectivity index (χ3v) is 7.03. The highest BCUT2D eigenvalue weighted by Crippen LogP contribution is 2.36. The number of benzene rings is 3. The Morgan fingerprint density at radius 1 is 0.727 bits per heavy atom. The zero-order valence-corrected chi connectivity index (χ0v) is 19.8. The summed E-state index contributed by atoms with van der Waals surface area (Å²) in [7, 11) is 0. The molecule has 3 aromatic carbocycles. The molecule has 0 aromatic heterocycles. The van der Waals surface area contributed by atoms with Gasteiger partial charge in [0.25, 0.3) is 0 Å². The molecule has 3 aromatic rings. The summed E-state index contributed by atoms with van der Waals surface area (Å²) in [5.74, 6) is 0.161. The topological polar surface area (TPSA) is 35.6 Å². The minimum absolute atomic E-state index is 0. The summed E-state index contributed by atoms with van der Waals surface area (Å²) in [5, 5.41) is 3.27. The van der Waals surface area contributed by atoms with Gasteiger partial charge in [-0.15, -0.1) is 12.4 Å². The number of hydrogen-bond acceptors (Lipinski definition) is 3. The number of halogens is 1. The Hall–Kier alpha value is -2.66. The van der Waals surface area contributed by atoms with Crippen LogP contribution >= 0.6 is 12.4 Å². The standard InChI is InChI=1S/C28H31N3O.ClH/c32-27(29-21-23-9-3-1-4-10-23)28(19-25-13-7-8-14-26(25)20-28)31-17-15-30(16-18-31)22-24-11-5-2-6-12-24;/h1-14H,15-22H2,(H,29,32);1H. The van der Waals surface area contributed by atoms with Gasteiger partial charge in [-0.3, -0.25) is 14.6 Å². The summed E-state index contributed by atoms with van der Waals surface area (Å²) in [4.78, 5) is 18.7. The van der Waals surface area contributed by atoms with Crippen molar-refractivity contribution in [2.45, 2.75) is 31.5 Å². The summed E-state index contributed by atoms with van der Waals surface area (Å²) < 4.78 is 0. The highest BCUT2D eigenvalue weighted by Gasteiger charge is 2.48. The number of piperazine rings is 1. The second-order valence-corrected chi connectivity index (χ2v) is 9.07. The number of carbonyl (C=O) groups is 1. The van der Waals surface area contributed by atoms with Gasteiger partial charge < -0.3 is 5.32 Å². The van der Waals surface area contributed by atoms with E-state index in [1.54, 1.807) is 0 Å². The molecule has 1 aliphatic carbocycles. The van der Waals surface area contributed by atoms with E-state index < -0.39 is 5.54 Å². The molecular weight excluding hydrogens is 430 g/mol. The second kappa shape index (κ2) is 10.5. The molecule has 1 saturated heterocycles. The lowest BCUT2D eigenvalue weighted by Crippen LogP contribution is -2.64. The van der Waals surface area contributed by atoms with Crippen molar-refractivity contribution in [2.24, 2.45) is 0 Å². The highest BCUT2D eigenvalue weighted by molar-refractivity contribution is 5.88. The van der Waals surface area contributed by atoms with Gasteiger partial charge in [0.15, 0.2) is 0 Å². The number of rotatable bonds is 6. The Balaban J connectivity index is 0.00000259. The van der Waals surface area contributed by atoms with Crippen LogP contribution in [-0.2, 0) is 30.7 Å². The molecule has 5 heteroatoms. The van der Waals surface area contributed by atoms with Crippen LogP contribution in [0.4, 0.5) is 0 Å². The Labute approximate surface area is 203 Å². The predicted molar refractivity (Wildman–Crippen MR) is 135 cm³/mol. The number of nitrogens with zero attached hydrogens (tertiary/aromatic N) is 2. The van der Waals surface area contributed by atoms with E-state index in [1.807, 2.05) is 18.2 Å². The first kappa shape index (κ1) is 23.5. The first-order chi connectivity index (χ1) is 15.7. The average Bonchev–Trinajstić information content (AvgIpc) is 3.25. The van der Waals surface area contributed by atoms with Crippen LogP contribution in [0, 0.1) is 0 Å². The molecule has 0 spiro atoms. The predicted octanol–water partition coefficient (Wildman–Crippen LogP) is 4.08. The molecule has 0 unspecified atom stereocenters. The van der Waals surface area contributed by atoms with Gasteiger partial charge in [0.2, 0.25) is 5.91 Å². The van der Waals surface area contributed by atoms with Crippen molar-refractivity contribution >= 4 is 18.3 Å².